The van der Waals surface area contributed by atoms with E-state index in [0.717, 1.165) is 30.2 Å². The van der Waals surface area contributed by atoms with E-state index in [2.05, 4.69) is 37.4 Å². The zero-order valence-corrected chi connectivity index (χ0v) is 12.1. The van der Waals surface area contributed by atoms with E-state index < -0.39 is 0 Å². The predicted octanol–water partition coefficient (Wildman–Crippen LogP) is 3.72. The summed E-state index contributed by atoms with van der Waals surface area (Å²) in [4.78, 5) is 0. The van der Waals surface area contributed by atoms with E-state index in [9.17, 15) is 0 Å². The summed E-state index contributed by atoms with van der Waals surface area (Å²) in [6, 6.07) is 6.55. The normalized spacial score (nSPS) is 25.3. The van der Waals surface area contributed by atoms with E-state index in [4.69, 9.17) is 16.3 Å². The Balaban J connectivity index is 2.25. The van der Waals surface area contributed by atoms with Crippen LogP contribution in [0, 0.1) is 12.8 Å². The summed E-state index contributed by atoms with van der Waals surface area (Å²) in [5.74, 6) is 0.592. The number of halogens is 1. The highest BCUT2D eigenvalue weighted by molar-refractivity contribution is 6.31. The lowest BCUT2D eigenvalue weighted by Crippen LogP contribution is -2.34. The van der Waals surface area contributed by atoms with Crippen LogP contribution in [0.15, 0.2) is 18.2 Å². The van der Waals surface area contributed by atoms with E-state index in [0.29, 0.717) is 5.92 Å². The van der Waals surface area contributed by atoms with Crippen molar-refractivity contribution >= 4 is 11.6 Å². The number of ether oxygens (including phenoxy) is 1. The Morgan fingerprint density at radius 1 is 1.50 bits per heavy atom. The first-order valence-corrected chi connectivity index (χ1v) is 7.12. The molecule has 1 saturated heterocycles. The third kappa shape index (κ3) is 2.87. The Hall–Kier alpha value is -0.570. The minimum absolute atomic E-state index is 0.241. The Labute approximate surface area is 115 Å². The molecule has 0 amide bonds. The summed E-state index contributed by atoms with van der Waals surface area (Å²) < 4.78 is 5.90. The molecule has 1 N–H and O–H groups in total. The minimum Gasteiger partial charge on any atom is -0.376 e. The molecule has 0 spiro atoms. The molecule has 2 nitrogen and oxygen atoms in total. The van der Waals surface area contributed by atoms with Gasteiger partial charge in [0, 0.05) is 11.6 Å². The maximum Gasteiger partial charge on any atom is 0.0795 e. The van der Waals surface area contributed by atoms with Crippen LogP contribution in [0.5, 0.6) is 0 Å². The fraction of sp³-hybridized carbons (Fsp3) is 0.600. The van der Waals surface area contributed by atoms with Gasteiger partial charge in [-0.2, -0.15) is 0 Å². The van der Waals surface area contributed by atoms with Crippen molar-refractivity contribution in [3.8, 4) is 0 Å². The number of likely N-dealkylation sites (N-methyl/N-ethyl adjacent to an activating group) is 1. The highest BCUT2D eigenvalue weighted by atomic mass is 35.5. The molecular formula is C15H22ClNO. The molecule has 0 radical (unpaired) electrons. The van der Waals surface area contributed by atoms with E-state index in [1.54, 1.807) is 0 Å². The molecule has 1 aromatic carbocycles. The average molecular weight is 268 g/mol. The molecule has 1 aliphatic heterocycles. The standard InChI is InChI=1S/C15H22ClNO/c1-4-17-14(15-11(3)7-8-18-15)12-6-5-10(2)13(16)9-12/h5-6,9,11,14-15,17H,4,7-8H2,1-3H3. The predicted molar refractivity (Wildman–Crippen MR) is 76.1 cm³/mol. The van der Waals surface area contributed by atoms with Crippen molar-refractivity contribution in [2.24, 2.45) is 5.92 Å². The van der Waals surface area contributed by atoms with Gasteiger partial charge in [-0.1, -0.05) is 37.6 Å². The average Bonchev–Trinajstić information content (AvgIpc) is 2.76. The highest BCUT2D eigenvalue weighted by Gasteiger charge is 2.32. The first-order valence-electron chi connectivity index (χ1n) is 6.74. The number of rotatable bonds is 4. The SMILES string of the molecule is CCNC(c1ccc(C)c(Cl)c1)C1OCCC1C. The second kappa shape index (κ2) is 6.05. The number of aryl methyl sites for hydroxylation is 1. The summed E-state index contributed by atoms with van der Waals surface area (Å²) in [5.41, 5.74) is 2.35. The highest BCUT2D eigenvalue weighted by Crippen LogP contribution is 2.32. The number of nitrogens with one attached hydrogen (secondary N) is 1. The van der Waals surface area contributed by atoms with Gasteiger partial charge in [0.05, 0.1) is 12.1 Å². The second-order valence-corrected chi connectivity index (χ2v) is 5.55. The molecule has 1 fully saturated rings. The lowest BCUT2D eigenvalue weighted by atomic mass is 9.92. The number of hydrogen-bond donors (Lipinski definition) is 1. The largest absolute Gasteiger partial charge is 0.376 e. The van der Waals surface area contributed by atoms with Crippen molar-refractivity contribution in [1.29, 1.82) is 0 Å². The topological polar surface area (TPSA) is 21.3 Å². The van der Waals surface area contributed by atoms with Crippen LogP contribution < -0.4 is 5.32 Å². The van der Waals surface area contributed by atoms with Crippen LogP contribution in [-0.4, -0.2) is 19.3 Å². The summed E-state index contributed by atoms with van der Waals surface area (Å²) in [7, 11) is 0. The number of hydrogen-bond acceptors (Lipinski definition) is 2. The van der Waals surface area contributed by atoms with Crippen molar-refractivity contribution in [3.63, 3.8) is 0 Å². The van der Waals surface area contributed by atoms with Gasteiger partial charge >= 0.3 is 0 Å². The van der Waals surface area contributed by atoms with Gasteiger partial charge in [-0.05, 0) is 43.0 Å². The lowest BCUT2D eigenvalue weighted by Gasteiger charge is -2.27. The molecule has 0 aromatic heterocycles. The molecule has 3 unspecified atom stereocenters. The van der Waals surface area contributed by atoms with Gasteiger partial charge in [-0.3, -0.25) is 0 Å². The second-order valence-electron chi connectivity index (χ2n) is 5.15. The van der Waals surface area contributed by atoms with Crippen molar-refractivity contribution < 1.29 is 4.74 Å². The number of benzene rings is 1. The molecule has 1 heterocycles. The lowest BCUT2D eigenvalue weighted by molar-refractivity contribution is 0.0612. The summed E-state index contributed by atoms with van der Waals surface area (Å²) >= 11 is 6.23. The first-order chi connectivity index (χ1) is 8.63. The molecule has 0 bridgehead atoms. The van der Waals surface area contributed by atoms with Crippen molar-refractivity contribution in [1.82, 2.24) is 5.32 Å². The fourth-order valence-electron chi connectivity index (χ4n) is 2.59. The first kappa shape index (κ1) is 13.9. The van der Waals surface area contributed by atoms with Crippen molar-refractivity contribution in [3.05, 3.63) is 34.3 Å². The fourth-order valence-corrected chi connectivity index (χ4v) is 2.78. The van der Waals surface area contributed by atoms with Crippen molar-refractivity contribution in [2.45, 2.75) is 39.3 Å². The molecule has 3 atom stereocenters. The van der Waals surface area contributed by atoms with Gasteiger partial charge in [0.15, 0.2) is 0 Å². The quantitative estimate of drug-likeness (QED) is 0.898. The Kier molecular flexibility index (Phi) is 4.66. The minimum atomic E-state index is 0.241. The van der Waals surface area contributed by atoms with E-state index in [-0.39, 0.29) is 12.1 Å². The van der Waals surface area contributed by atoms with Crippen LogP contribution in [0.25, 0.3) is 0 Å². The van der Waals surface area contributed by atoms with Crippen LogP contribution in [0.3, 0.4) is 0 Å². The molecule has 0 saturated carbocycles. The summed E-state index contributed by atoms with van der Waals surface area (Å²) in [5, 5.41) is 4.37. The van der Waals surface area contributed by atoms with E-state index >= 15 is 0 Å². The molecule has 1 aromatic rings. The van der Waals surface area contributed by atoms with Crippen LogP contribution in [0.4, 0.5) is 0 Å². The van der Waals surface area contributed by atoms with Crippen molar-refractivity contribution in [2.75, 3.05) is 13.2 Å². The van der Waals surface area contributed by atoms with Gasteiger partial charge in [0.2, 0.25) is 0 Å². The molecule has 1 aliphatic rings. The molecule has 100 valence electrons. The summed E-state index contributed by atoms with van der Waals surface area (Å²) in [6.45, 7) is 8.22. The molecule has 3 heteroatoms. The monoisotopic (exact) mass is 267 g/mol. The van der Waals surface area contributed by atoms with Gasteiger partial charge in [0.25, 0.3) is 0 Å². The maximum atomic E-state index is 6.23. The van der Waals surface area contributed by atoms with Crippen LogP contribution in [0.2, 0.25) is 5.02 Å². The Bertz CT molecular complexity index is 407. The molecule has 18 heavy (non-hydrogen) atoms. The van der Waals surface area contributed by atoms with Crippen LogP contribution >= 0.6 is 11.6 Å². The van der Waals surface area contributed by atoms with Gasteiger partial charge in [-0.25, -0.2) is 0 Å². The zero-order chi connectivity index (χ0) is 13.1. The summed E-state index contributed by atoms with van der Waals surface area (Å²) in [6.07, 6.45) is 1.40. The van der Waals surface area contributed by atoms with E-state index in [1.165, 1.54) is 5.56 Å². The van der Waals surface area contributed by atoms with Crippen LogP contribution in [0.1, 0.15) is 37.4 Å². The molecule has 0 aliphatic carbocycles. The third-order valence-electron chi connectivity index (χ3n) is 3.75. The third-order valence-corrected chi connectivity index (χ3v) is 4.16. The van der Waals surface area contributed by atoms with Gasteiger partial charge < -0.3 is 10.1 Å². The molecule has 2 rings (SSSR count). The smallest absolute Gasteiger partial charge is 0.0795 e. The van der Waals surface area contributed by atoms with E-state index in [1.807, 2.05) is 6.92 Å². The zero-order valence-electron chi connectivity index (χ0n) is 11.4. The Morgan fingerprint density at radius 3 is 2.83 bits per heavy atom. The van der Waals surface area contributed by atoms with Crippen LogP contribution in [-0.2, 0) is 4.74 Å². The maximum absolute atomic E-state index is 6.23. The Morgan fingerprint density at radius 2 is 2.28 bits per heavy atom. The molecular weight excluding hydrogens is 246 g/mol. The van der Waals surface area contributed by atoms with Gasteiger partial charge in [-0.15, -0.1) is 0 Å². The van der Waals surface area contributed by atoms with Gasteiger partial charge in [0.1, 0.15) is 0 Å².